The molecular formula is C15H23N3O2. The maximum atomic E-state index is 11.8. The zero-order valence-electron chi connectivity index (χ0n) is 12.2. The monoisotopic (exact) mass is 277 g/mol. The topological polar surface area (TPSA) is 67.6 Å². The molecule has 0 saturated carbocycles. The summed E-state index contributed by atoms with van der Waals surface area (Å²) in [4.78, 5) is 14.1. The third-order valence-corrected chi connectivity index (χ3v) is 3.31. The van der Waals surface area contributed by atoms with E-state index in [1.54, 1.807) is 13.8 Å². The highest BCUT2D eigenvalue weighted by Crippen LogP contribution is 2.13. The van der Waals surface area contributed by atoms with Crippen molar-refractivity contribution >= 4 is 11.6 Å². The molecule has 110 valence electrons. The van der Waals surface area contributed by atoms with Crippen molar-refractivity contribution < 1.29 is 9.53 Å². The average molecular weight is 277 g/mol. The van der Waals surface area contributed by atoms with Gasteiger partial charge in [0, 0.05) is 25.3 Å². The first-order valence-corrected chi connectivity index (χ1v) is 6.94. The summed E-state index contributed by atoms with van der Waals surface area (Å²) < 4.78 is 5.33. The van der Waals surface area contributed by atoms with Crippen LogP contribution in [0.2, 0.25) is 0 Å². The van der Waals surface area contributed by atoms with E-state index < -0.39 is 5.54 Å². The predicted molar refractivity (Wildman–Crippen MR) is 79.4 cm³/mol. The van der Waals surface area contributed by atoms with Crippen molar-refractivity contribution in [3.63, 3.8) is 0 Å². The first-order valence-electron chi connectivity index (χ1n) is 6.94. The van der Waals surface area contributed by atoms with E-state index in [1.807, 2.05) is 24.3 Å². The summed E-state index contributed by atoms with van der Waals surface area (Å²) in [6.07, 6.45) is 0. The highest BCUT2D eigenvalue weighted by molar-refractivity contribution is 5.97. The van der Waals surface area contributed by atoms with Gasteiger partial charge in [0.05, 0.1) is 18.8 Å². The Morgan fingerprint density at radius 3 is 2.45 bits per heavy atom. The molecule has 1 fully saturated rings. The van der Waals surface area contributed by atoms with E-state index in [0.29, 0.717) is 0 Å². The Hall–Kier alpha value is -1.43. The summed E-state index contributed by atoms with van der Waals surface area (Å²) >= 11 is 0. The first kappa shape index (κ1) is 15.0. The van der Waals surface area contributed by atoms with E-state index in [2.05, 4.69) is 10.2 Å². The molecule has 1 aromatic rings. The first-order chi connectivity index (χ1) is 9.45. The lowest BCUT2D eigenvalue weighted by Crippen LogP contribution is -2.45. The van der Waals surface area contributed by atoms with Crippen molar-refractivity contribution in [2.24, 2.45) is 5.73 Å². The molecule has 1 heterocycles. The minimum Gasteiger partial charge on any atom is -0.379 e. The van der Waals surface area contributed by atoms with Gasteiger partial charge in [0.1, 0.15) is 0 Å². The molecule has 0 unspecified atom stereocenters. The molecule has 1 aromatic carbocycles. The Labute approximate surface area is 120 Å². The molecule has 5 heteroatoms. The van der Waals surface area contributed by atoms with Gasteiger partial charge < -0.3 is 15.8 Å². The van der Waals surface area contributed by atoms with Crippen LogP contribution < -0.4 is 11.1 Å². The van der Waals surface area contributed by atoms with Crippen LogP contribution in [0.3, 0.4) is 0 Å². The minimum absolute atomic E-state index is 0.182. The number of anilines is 1. The van der Waals surface area contributed by atoms with E-state index in [9.17, 15) is 4.79 Å². The third-order valence-electron chi connectivity index (χ3n) is 3.31. The second-order valence-electron chi connectivity index (χ2n) is 5.76. The van der Waals surface area contributed by atoms with E-state index in [1.165, 1.54) is 5.56 Å². The number of ether oxygens (including phenoxy) is 1. The fraction of sp³-hybridized carbons (Fsp3) is 0.533. The van der Waals surface area contributed by atoms with Gasteiger partial charge >= 0.3 is 0 Å². The summed E-state index contributed by atoms with van der Waals surface area (Å²) in [6, 6.07) is 7.90. The molecule has 3 N–H and O–H groups in total. The molecule has 0 aliphatic carbocycles. The Bertz CT molecular complexity index is 445. The Morgan fingerprint density at radius 2 is 1.90 bits per heavy atom. The summed E-state index contributed by atoms with van der Waals surface area (Å²) in [5.41, 5.74) is 6.89. The number of carbonyl (C=O) groups is 1. The van der Waals surface area contributed by atoms with E-state index in [0.717, 1.165) is 38.5 Å². The molecule has 20 heavy (non-hydrogen) atoms. The Kier molecular flexibility index (Phi) is 4.75. The number of nitrogens with zero attached hydrogens (tertiary/aromatic N) is 1. The van der Waals surface area contributed by atoms with Gasteiger partial charge in [-0.3, -0.25) is 9.69 Å². The van der Waals surface area contributed by atoms with Gasteiger partial charge in [-0.1, -0.05) is 12.1 Å². The zero-order chi connectivity index (χ0) is 14.6. The van der Waals surface area contributed by atoms with Crippen LogP contribution in [0.4, 0.5) is 5.69 Å². The quantitative estimate of drug-likeness (QED) is 0.867. The summed E-state index contributed by atoms with van der Waals surface area (Å²) in [5.74, 6) is -0.182. The smallest absolute Gasteiger partial charge is 0.243 e. The van der Waals surface area contributed by atoms with Crippen molar-refractivity contribution in [1.29, 1.82) is 0 Å². The lowest BCUT2D eigenvalue weighted by atomic mass is 10.1. The normalized spacial score (nSPS) is 16.9. The van der Waals surface area contributed by atoms with Crippen molar-refractivity contribution in [2.75, 3.05) is 31.6 Å². The van der Waals surface area contributed by atoms with Crippen molar-refractivity contribution in [3.8, 4) is 0 Å². The fourth-order valence-corrected chi connectivity index (χ4v) is 2.00. The van der Waals surface area contributed by atoms with Crippen LogP contribution >= 0.6 is 0 Å². The molecule has 0 atom stereocenters. The number of nitrogens with one attached hydrogen (secondary N) is 1. The van der Waals surface area contributed by atoms with E-state index in [4.69, 9.17) is 10.5 Å². The molecule has 1 aliphatic heterocycles. The molecular weight excluding hydrogens is 254 g/mol. The molecule has 0 bridgehead atoms. The SMILES string of the molecule is CC(C)(N)C(=O)Nc1ccc(CN2CCOCC2)cc1. The average Bonchev–Trinajstić information content (AvgIpc) is 2.41. The van der Waals surface area contributed by atoms with Crippen LogP contribution in [0.25, 0.3) is 0 Å². The summed E-state index contributed by atoms with van der Waals surface area (Å²) in [7, 11) is 0. The van der Waals surface area contributed by atoms with Crippen LogP contribution in [0, 0.1) is 0 Å². The Balaban J connectivity index is 1.91. The van der Waals surface area contributed by atoms with Crippen LogP contribution in [0.1, 0.15) is 19.4 Å². The van der Waals surface area contributed by atoms with Gasteiger partial charge in [0.25, 0.3) is 0 Å². The van der Waals surface area contributed by atoms with Gasteiger partial charge in [-0.05, 0) is 31.5 Å². The Morgan fingerprint density at radius 1 is 1.30 bits per heavy atom. The molecule has 0 aromatic heterocycles. The van der Waals surface area contributed by atoms with Gasteiger partial charge in [-0.2, -0.15) is 0 Å². The standard InChI is InChI=1S/C15H23N3O2/c1-15(2,16)14(19)17-13-5-3-12(4-6-13)11-18-7-9-20-10-8-18/h3-6H,7-11,16H2,1-2H3,(H,17,19). The van der Waals surface area contributed by atoms with Crippen LogP contribution in [0.5, 0.6) is 0 Å². The molecule has 1 saturated heterocycles. The molecule has 1 aliphatic rings. The number of benzene rings is 1. The highest BCUT2D eigenvalue weighted by atomic mass is 16.5. The molecule has 1 amide bonds. The predicted octanol–water partition coefficient (Wildman–Crippen LogP) is 1.19. The van der Waals surface area contributed by atoms with Gasteiger partial charge in [0.2, 0.25) is 5.91 Å². The molecule has 2 rings (SSSR count). The van der Waals surface area contributed by atoms with Crippen molar-refractivity contribution in [3.05, 3.63) is 29.8 Å². The maximum Gasteiger partial charge on any atom is 0.243 e. The van der Waals surface area contributed by atoms with Crippen molar-refractivity contribution in [1.82, 2.24) is 4.90 Å². The summed E-state index contributed by atoms with van der Waals surface area (Å²) in [6.45, 7) is 7.85. The molecule has 0 radical (unpaired) electrons. The summed E-state index contributed by atoms with van der Waals surface area (Å²) in [5, 5.41) is 2.82. The largest absolute Gasteiger partial charge is 0.379 e. The van der Waals surface area contributed by atoms with Gasteiger partial charge in [0.15, 0.2) is 0 Å². The fourth-order valence-electron chi connectivity index (χ4n) is 2.00. The lowest BCUT2D eigenvalue weighted by Gasteiger charge is -2.26. The highest BCUT2D eigenvalue weighted by Gasteiger charge is 2.21. The third kappa shape index (κ3) is 4.30. The lowest BCUT2D eigenvalue weighted by molar-refractivity contribution is -0.120. The number of carbonyl (C=O) groups excluding carboxylic acids is 1. The number of hydrogen-bond acceptors (Lipinski definition) is 4. The van der Waals surface area contributed by atoms with E-state index in [-0.39, 0.29) is 5.91 Å². The maximum absolute atomic E-state index is 11.8. The van der Waals surface area contributed by atoms with Crippen LogP contribution in [-0.4, -0.2) is 42.6 Å². The number of amides is 1. The second kappa shape index (κ2) is 6.35. The molecule has 0 spiro atoms. The van der Waals surface area contributed by atoms with Gasteiger partial charge in [-0.25, -0.2) is 0 Å². The number of hydrogen-bond donors (Lipinski definition) is 2. The zero-order valence-corrected chi connectivity index (χ0v) is 12.2. The number of rotatable bonds is 4. The second-order valence-corrected chi connectivity index (χ2v) is 5.76. The molecule has 5 nitrogen and oxygen atoms in total. The minimum atomic E-state index is -0.869. The number of morpholine rings is 1. The number of nitrogens with two attached hydrogens (primary N) is 1. The van der Waals surface area contributed by atoms with E-state index >= 15 is 0 Å². The van der Waals surface area contributed by atoms with Crippen molar-refractivity contribution in [2.45, 2.75) is 25.9 Å². The van der Waals surface area contributed by atoms with Crippen LogP contribution in [0.15, 0.2) is 24.3 Å². The van der Waals surface area contributed by atoms with Crippen LogP contribution in [-0.2, 0) is 16.1 Å². The van der Waals surface area contributed by atoms with Gasteiger partial charge in [-0.15, -0.1) is 0 Å².